The molecule has 0 spiro atoms. The molecular weight excluding hydrogens is 268 g/mol. The van der Waals surface area contributed by atoms with E-state index in [2.05, 4.69) is 61.5 Å². The van der Waals surface area contributed by atoms with Gasteiger partial charge in [0, 0.05) is 0 Å². The molecule has 1 aliphatic rings. The van der Waals surface area contributed by atoms with Crippen molar-refractivity contribution in [2.24, 2.45) is 0 Å². The number of allylic oxidation sites excluding steroid dienone is 1. The number of fused-ring (bicyclic) bond motifs is 2. The molecule has 0 amide bonds. The Morgan fingerprint density at radius 3 is 2.05 bits per heavy atom. The molecule has 2 aromatic rings. The molecule has 1 aliphatic heterocycles. The fourth-order valence-electron chi connectivity index (χ4n) is 3.09. The van der Waals surface area contributed by atoms with E-state index < -0.39 is 0 Å². The fraction of sp³-hybridized carbons (Fsp3) is 0.333. The molecular formula is C21H24O. The molecule has 114 valence electrons. The zero-order chi connectivity index (χ0) is 15.2. The van der Waals surface area contributed by atoms with E-state index in [-0.39, 0.29) is 0 Å². The average Bonchev–Trinajstić information content (AvgIpc) is 2.55. The molecule has 0 radical (unpaired) electrons. The molecule has 1 heteroatoms. The molecule has 0 N–H and O–H groups in total. The second-order valence-corrected chi connectivity index (χ2v) is 5.92. The van der Waals surface area contributed by atoms with Crippen molar-refractivity contribution in [1.82, 2.24) is 0 Å². The largest absolute Gasteiger partial charge is 0.372 e. The summed E-state index contributed by atoms with van der Waals surface area (Å²) in [6.45, 7) is 3.64. The van der Waals surface area contributed by atoms with E-state index in [0.29, 0.717) is 13.2 Å². The predicted molar refractivity (Wildman–Crippen MR) is 92.6 cm³/mol. The summed E-state index contributed by atoms with van der Waals surface area (Å²) in [5.74, 6) is 0. The van der Waals surface area contributed by atoms with Gasteiger partial charge in [0.25, 0.3) is 0 Å². The van der Waals surface area contributed by atoms with E-state index in [1.165, 1.54) is 47.1 Å². The van der Waals surface area contributed by atoms with Gasteiger partial charge in [0.2, 0.25) is 0 Å². The van der Waals surface area contributed by atoms with Gasteiger partial charge in [-0.1, -0.05) is 74.4 Å². The number of ether oxygens (including phenoxy) is 1. The van der Waals surface area contributed by atoms with E-state index in [9.17, 15) is 0 Å². The quantitative estimate of drug-likeness (QED) is 0.654. The first kappa shape index (κ1) is 15.1. The summed E-state index contributed by atoms with van der Waals surface area (Å²) in [4.78, 5) is 0. The van der Waals surface area contributed by atoms with Crippen molar-refractivity contribution in [2.45, 2.75) is 45.8 Å². The Bertz CT molecular complexity index is 605. The lowest BCUT2D eigenvalue weighted by Gasteiger charge is -2.20. The zero-order valence-corrected chi connectivity index (χ0v) is 13.3. The molecule has 0 bridgehead atoms. The number of hydrogen-bond donors (Lipinski definition) is 0. The van der Waals surface area contributed by atoms with Gasteiger partial charge in [-0.05, 0) is 40.7 Å². The van der Waals surface area contributed by atoms with Gasteiger partial charge in [0.15, 0.2) is 0 Å². The Labute approximate surface area is 133 Å². The van der Waals surface area contributed by atoms with Crippen LogP contribution in [0.15, 0.2) is 54.6 Å². The second-order valence-electron chi connectivity index (χ2n) is 5.92. The van der Waals surface area contributed by atoms with E-state index >= 15 is 0 Å². The van der Waals surface area contributed by atoms with Crippen LogP contribution in [0.3, 0.4) is 0 Å². The van der Waals surface area contributed by atoms with E-state index in [1.807, 2.05) is 0 Å². The SMILES string of the molecule is CCCCCC=C1c2ccccc2COCc2ccccc21. The number of unbranched alkanes of at least 4 members (excludes halogenated alkanes) is 3. The highest BCUT2D eigenvalue weighted by atomic mass is 16.5. The molecule has 0 saturated carbocycles. The van der Waals surface area contributed by atoms with Crippen LogP contribution in [0, 0.1) is 0 Å². The van der Waals surface area contributed by atoms with Crippen molar-refractivity contribution in [3.05, 3.63) is 76.9 Å². The number of benzene rings is 2. The lowest BCUT2D eigenvalue weighted by Crippen LogP contribution is -2.06. The molecule has 0 unspecified atom stereocenters. The molecule has 0 fully saturated rings. The third-order valence-corrected chi connectivity index (χ3v) is 4.29. The maximum Gasteiger partial charge on any atom is 0.0727 e. The van der Waals surface area contributed by atoms with Gasteiger partial charge in [0.1, 0.15) is 0 Å². The molecule has 0 aliphatic carbocycles. The molecule has 3 rings (SSSR count). The van der Waals surface area contributed by atoms with Crippen LogP contribution >= 0.6 is 0 Å². The Balaban J connectivity index is 2.04. The topological polar surface area (TPSA) is 9.23 Å². The lowest BCUT2D eigenvalue weighted by molar-refractivity contribution is 0.106. The van der Waals surface area contributed by atoms with Crippen LogP contribution in [0.2, 0.25) is 0 Å². The first-order chi connectivity index (χ1) is 10.9. The van der Waals surface area contributed by atoms with Crippen molar-refractivity contribution in [2.75, 3.05) is 0 Å². The predicted octanol–water partition coefficient (Wildman–Crippen LogP) is 5.73. The molecule has 2 aromatic carbocycles. The van der Waals surface area contributed by atoms with Crippen molar-refractivity contribution in [1.29, 1.82) is 0 Å². The minimum Gasteiger partial charge on any atom is -0.372 e. The molecule has 0 atom stereocenters. The van der Waals surface area contributed by atoms with Crippen LogP contribution in [-0.4, -0.2) is 0 Å². The Morgan fingerprint density at radius 2 is 1.45 bits per heavy atom. The van der Waals surface area contributed by atoms with Crippen LogP contribution in [0.1, 0.15) is 54.9 Å². The van der Waals surface area contributed by atoms with Crippen LogP contribution in [-0.2, 0) is 18.0 Å². The average molecular weight is 292 g/mol. The van der Waals surface area contributed by atoms with Crippen molar-refractivity contribution >= 4 is 5.57 Å². The van der Waals surface area contributed by atoms with Crippen molar-refractivity contribution in [3.63, 3.8) is 0 Å². The Morgan fingerprint density at radius 1 is 0.864 bits per heavy atom. The minimum absolute atomic E-state index is 0.691. The van der Waals surface area contributed by atoms with Gasteiger partial charge in [-0.3, -0.25) is 0 Å². The smallest absolute Gasteiger partial charge is 0.0727 e. The third-order valence-electron chi connectivity index (χ3n) is 4.29. The molecule has 1 nitrogen and oxygen atoms in total. The van der Waals surface area contributed by atoms with Gasteiger partial charge < -0.3 is 4.74 Å². The molecule has 22 heavy (non-hydrogen) atoms. The summed E-state index contributed by atoms with van der Waals surface area (Å²) in [6, 6.07) is 17.3. The summed E-state index contributed by atoms with van der Waals surface area (Å²) >= 11 is 0. The lowest BCUT2D eigenvalue weighted by atomic mass is 9.89. The minimum atomic E-state index is 0.691. The maximum atomic E-state index is 5.89. The highest BCUT2D eigenvalue weighted by molar-refractivity contribution is 5.83. The Hall–Kier alpha value is -1.86. The molecule has 0 aromatic heterocycles. The van der Waals surface area contributed by atoms with Gasteiger partial charge in [-0.15, -0.1) is 0 Å². The second kappa shape index (κ2) is 7.42. The van der Waals surface area contributed by atoms with E-state index in [4.69, 9.17) is 4.74 Å². The third kappa shape index (κ3) is 3.31. The van der Waals surface area contributed by atoms with Crippen LogP contribution in [0.25, 0.3) is 5.57 Å². The first-order valence-corrected chi connectivity index (χ1v) is 8.34. The van der Waals surface area contributed by atoms with Crippen LogP contribution in [0.5, 0.6) is 0 Å². The standard InChI is InChI=1S/C21H24O/c1-2-3-4-5-14-21-19-12-8-6-10-17(19)15-22-16-18-11-7-9-13-20(18)21/h6-14H,2-5,15-16H2,1H3. The van der Waals surface area contributed by atoms with Gasteiger partial charge in [-0.25, -0.2) is 0 Å². The van der Waals surface area contributed by atoms with E-state index in [0.717, 1.165) is 6.42 Å². The zero-order valence-electron chi connectivity index (χ0n) is 13.3. The Kier molecular flexibility index (Phi) is 5.07. The summed E-state index contributed by atoms with van der Waals surface area (Å²) < 4.78 is 5.89. The van der Waals surface area contributed by atoms with E-state index in [1.54, 1.807) is 0 Å². The van der Waals surface area contributed by atoms with Crippen LogP contribution < -0.4 is 0 Å². The first-order valence-electron chi connectivity index (χ1n) is 8.34. The van der Waals surface area contributed by atoms with Gasteiger partial charge >= 0.3 is 0 Å². The summed E-state index contributed by atoms with van der Waals surface area (Å²) in [5.41, 5.74) is 6.61. The van der Waals surface area contributed by atoms with Crippen LogP contribution in [0.4, 0.5) is 0 Å². The maximum absolute atomic E-state index is 5.89. The molecule has 0 saturated heterocycles. The highest BCUT2D eigenvalue weighted by Gasteiger charge is 2.15. The fourth-order valence-corrected chi connectivity index (χ4v) is 3.09. The summed E-state index contributed by atoms with van der Waals surface area (Å²) in [7, 11) is 0. The normalized spacial score (nSPS) is 13.8. The highest BCUT2D eigenvalue weighted by Crippen LogP contribution is 2.32. The monoisotopic (exact) mass is 292 g/mol. The van der Waals surface area contributed by atoms with Crippen molar-refractivity contribution in [3.8, 4) is 0 Å². The van der Waals surface area contributed by atoms with Gasteiger partial charge in [-0.2, -0.15) is 0 Å². The summed E-state index contributed by atoms with van der Waals surface area (Å²) in [6.07, 6.45) is 7.41. The van der Waals surface area contributed by atoms with Gasteiger partial charge in [0.05, 0.1) is 13.2 Å². The summed E-state index contributed by atoms with van der Waals surface area (Å²) in [5, 5.41) is 0. The van der Waals surface area contributed by atoms with Crippen molar-refractivity contribution < 1.29 is 4.74 Å². The molecule has 1 heterocycles. The number of rotatable bonds is 4. The number of hydrogen-bond acceptors (Lipinski definition) is 1.